The Bertz CT molecular complexity index is 1020. The zero-order chi connectivity index (χ0) is 35.4. The number of allylic oxidation sites excluding steroid dienone is 22. The molecule has 0 radical (unpaired) electrons. The van der Waals surface area contributed by atoms with E-state index in [-0.39, 0.29) is 23.1 Å². The van der Waals surface area contributed by atoms with E-state index < -0.39 is 11.9 Å². The molecule has 0 aromatic carbocycles. The Balaban J connectivity index is -0.000000846. The molecule has 0 saturated heterocycles. The van der Waals surface area contributed by atoms with Crippen LogP contribution in [0.4, 0.5) is 0 Å². The van der Waals surface area contributed by atoms with Crippen molar-refractivity contribution in [1.29, 1.82) is 0 Å². The van der Waals surface area contributed by atoms with Gasteiger partial charge >= 0.3 is 23.1 Å². The van der Waals surface area contributed by atoms with Gasteiger partial charge in [0.1, 0.15) is 0 Å². The molecule has 0 heterocycles. The van der Waals surface area contributed by atoms with Crippen LogP contribution in [-0.2, 0) is 9.59 Å². The smallest absolute Gasteiger partial charge is 0.545 e. The third-order valence-electron chi connectivity index (χ3n) is 6.69. The maximum Gasteiger partial charge on any atom is 2.00 e. The first-order chi connectivity index (χ1) is 23.5. The zero-order valence-electron chi connectivity index (χ0n) is 30.5. The molecule has 0 rings (SSSR count). The number of hydrogen-bond donors (Lipinski definition) is 0. The Morgan fingerprint density at radius 3 is 0.837 bits per heavy atom. The Hall–Kier alpha value is -3.41. The molecule has 0 aromatic rings. The van der Waals surface area contributed by atoms with E-state index in [1.807, 2.05) is 72.9 Å². The first-order valence-electron chi connectivity index (χ1n) is 18.0. The Kier molecular flexibility index (Phi) is 47.6. The second-order valence-electron chi connectivity index (χ2n) is 11.1. The fourth-order valence-electron chi connectivity index (χ4n) is 4.08. The molecule has 0 saturated carbocycles. The molecule has 0 aromatic heterocycles. The summed E-state index contributed by atoms with van der Waals surface area (Å²) in [4.78, 5) is 20.2. The monoisotopic (exact) mass is 678 g/mol. The van der Waals surface area contributed by atoms with Crippen LogP contribution in [-0.4, -0.2) is 35.0 Å². The molecule has 5 heteroatoms. The number of unbranched alkanes of at least 4 members (excludes halogenated alkanes) is 14. The molecular weight excluding hydrogens is 617 g/mol. The summed E-state index contributed by atoms with van der Waals surface area (Å²) in [6.07, 6.45) is 64.8. The molecule has 0 aliphatic carbocycles. The maximum absolute atomic E-state index is 10.1. The van der Waals surface area contributed by atoms with Gasteiger partial charge in [0.15, 0.2) is 0 Å². The minimum Gasteiger partial charge on any atom is -0.545 e. The second-order valence-corrected chi connectivity index (χ2v) is 11.1. The number of hydrogen-bond acceptors (Lipinski definition) is 4. The number of carbonyl (C=O) groups excluding carboxylic acids is 2. The Labute approximate surface area is 315 Å². The van der Waals surface area contributed by atoms with Gasteiger partial charge in [0.25, 0.3) is 0 Å². The molecule has 0 spiro atoms. The topological polar surface area (TPSA) is 80.3 Å². The van der Waals surface area contributed by atoms with Crippen molar-refractivity contribution in [3.8, 4) is 0 Å². The molecule has 0 fully saturated rings. The van der Waals surface area contributed by atoms with Gasteiger partial charge in [-0.2, -0.15) is 0 Å². The zero-order valence-corrected chi connectivity index (χ0v) is 31.9. The number of carbonyl (C=O) groups is 2. The van der Waals surface area contributed by atoms with E-state index in [9.17, 15) is 19.8 Å². The van der Waals surface area contributed by atoms with Gasteiger partial charge < -0.3 is 19.8 Å². The van der Waals surface area contributed by atoms with Crippen LogP contribution < -0.4 is 10.2 Å². The Morgan fingerprint density at radius 1 is 0.347 bits per heavy atom. The van der Waals surface area contributed by atoms with E-state index >= 15 is 0 Å². The number of carboxylic acid groups (broad SMARTS) is 2. The summed E-state index contributed by atoms with van der Waals surface area (Å²) in [5, 5.41) is 20.2. The molecule has 4 nitrogen and oxygen atoms in total. The number of rotatable bonds is 28. The third kappa shape index (κ3) is 54.3. The van der Waals surface area contributed by atoms with E-state index in [4.69, 9.17) is 0 Å². The maximum atomic E-state index is 10.1. The van der Waals surface area contributed by atoms with Crippen LogP contribution in [0.1, 0.15) is 117 Å². The van der Waals surface area contributed by atoms with Gasteiger partial charge in [0.05, 0.1) is 11.9 Å². The van der Waals surface area contributed by atoms with Crippen LogP contribution in [0.5, 0.6) is 0 Å². The molecule has 0 unspecified atom stereocenters. The minimum atomic E-state index is -1.19. The van der Waals surface area contributed by atoms with Crippen molar-refractivity contribution in [2.75, 3.05) is 0 Å². The molecule has 49 heavy (non-hydrogen) atoms. The van der Waals surface area contributed by atoms with Crippen LogP contribution in [0.15, 0.2) is 146 Å². The molecule has 0 amide bonds. The number of aliphatic carboxylic acids is 2. The second kappa shape index (κ2) is 46.7. The molecular formula is C44H62MgO4. The molecule has 0 bridgehead atoms. The molecule has 264 valence electrons. The summed E-state index contributed by atoms with van der Waals surface area (Å²) in [7, 11) is 0. The Morgan fingerprint density at radius 2 is 0.571 bits per heavy atom. The first kappa shape index (κ1) is 50.0. The molecule has 0 aliphatic rings. The van der Waals surface area contributed by atoms with E-state index in [1.165, 1.54) is 102 Å². The average Bonchev–Trinajstić information content (AvgIpc) is 3.07. The van der Waals surface area contributed by atoms with E-state index in [0.717, 1.165) is 25.0 Å². The molecule has 0 aliphatic heterocycles. The fourth-order valence-corrected chi connectivity index (χ4v) is 4.08. The predicted octanol–water partition coefficient (Wildman–Crippen LogP) is 10.0. The summed E-state index contributed by atoms with van der Waals surface area (Å²) in [6.45, 7) is 4.50. The van der Waals surface area contributed by atoms with Crippen molar-refractivity contribution in [3.05, 3.63) is 146 Å². The summed E-state index contributed by atoms with van der Waals surface area (Å²) < 4.78 is 0. The molecule has 0 atom stereocenters. The summed E-state index contributed by atoms with van der Waals surface area (Å²) in [6, 6.07) is 0. The van der Waals surface area contributed by atoms with E-state index in [2.05, 4.69) is 38.2 Å². The van der Waals surface area contributed by atoms with Crippen molar-refractivity contribution in [1.82, 2.24) is 0 Å². The SMILES string of the molecule is CCCCCCCCCC=CC=CC=CC=CC=CC=CC(=O)[O-].CCCCCCCCCC=CC=CC=CC=CC=CC=CC(=O)[O-].[Mg+2]. The molecule has 0 N–H and O–H groups in total. The summed E-state index contributed by atoms with van der Waals surface area (Å²) in [5.41, 5.74) is 0. The van der Waals surface area contributed by atoms with E-state index in [0.29, 0.717) is 0 Å². The predicted molar refractivity (Wildman–Crippen MR) is 211 cm³/mol. The van der Waals surface area contributed by atoms with Crippen molar-refractivity contribution in [2.24, 2.45) is 0 Å². The van der Waals surface area contributed by atoms with Gasteiger partial charge in [0.2, 0.25) is 0 Å². The number of carboxylic acids is 2. The summed E-state index contributed by atoms with van der Waals surface area (Å²) >= 11 is 0. The standard InChI is InChI=1S/2C22H32O2.Mg/c2*1-2-3-4-5-6-7-8-9-10-11-12-13-14-15-16-17-18-19-20-21-22(23)24;/h2*10-21H,2-9H2,1H3,(H,23,24);/q;;+2/p-2. The van der Waals surface area contributed by atoms with Gasteiger partial charge in [-0.25, -0.2) is 0 Å². The van der Waals surface area contributed by atoms with Crippen LogP contribution in [0.2, 0.25) is 0 Å². The quantitative estimate of drug-likeness (QED) is 0.0357. The van der Waals surface area contributed by atoms with Crippen molar-refractivity contribution >= 4 is 35.0 Å². The third-order valence-corrected chi connectivity index (χ3v) is 6.69. The average molecular weight is 679 g/mol. The fraction of sp³-hybridized carbons (Fsp3) is 0.409. The van der Waals surface area contributed by atoms with Crippen molar-refractivity contribution < 1.29 is 19.8 Å². The van der Waals surface area contributed by atoms with E-state index in [1.54, 1.807) is 24.3 Å². The minimum absolute atomic E-state index is 0. The van der Waals surface area contributed by atoms with Crippen molar-refractivity contribution in [2.45, 2.75) is 117 Å². The summed E-state index contributed by atoms with van der Waals surface area (Å²) in [5.74, 6) is -2.37. The van der Waals surface area contributed by atoms with Gasteiger partial charge in [-0.15, -0.1) is 0 Å². The van der Waals surface area contributed by atoms with Gasteiger partial charge in [-0.05, 0) is 37.8 Å². The largest absolute Gasteiger partial charge is 2.00 e. The first-order valence-corrected chi connectivity index (χ1v) is 18.0. The van der Waals surface area contributed by atoms with Crippen molar-refractivity contribution in [3.63, 3.8) is 0 Å². The normalized spacial score (nSPS) is 12.8. The van der Waals surface area contributed by atoms with Crippen LogP contribution >= 0.6 is 0 Å². The van der Waals surface area contributed by atoms with Crippen LogP contribution in [0.3, 0.4) is 0 Å². The van der Waals surface area contributed by atoms with Gasteiger partial charge in [0, 0.05) is 0 Å². The van der Waals surface area contributed by atoms with Crippen LogP contribution in [0.25, 0.3) is 0 Å². The van der Waals surface area contributed by atoms with Crippen LogP contribution in [0, 0.1) is 0 Å². The van der Waals surface area contributed by atoms with Gasteiger partial charge in [-0.3, -0.25) is 0 Å². The van der Waals surface area contributed by atoms with Gasteiger partial charge in [-0.1, -0.05) is 225 Å².